The van der Waals surface area contributed by atoms with Crippen molar-refractivity contribution in [2.24, 2.45) is 11.8 Å². The summed E-state index contributed by atoms with van der Waals surface area (Å²) in [5.74, 6) is 0.785. The molecule has 1 unspecified atom stereocenters. The van der Waals surface area contributed by atoms with Crippen LogP contribution in [0.5, 0.6) is 5.75 Å². The number of amides is 2. The topological polar surface area (TPSA) is 73.9 Å². The Kier molecular flexibility index (Phi) is 5.78. The van der Waals surface area contributed by atoms with Gasteiger partial charge in [0.1, 0.15) is 5.75 Å². The summed E-state index contributed by atoms with van der Waals surface area (Å²) in [6.45, 7) is 6.86. The molecule has 0 saturated carbocycles. The third-order valence-electron chi connectivity index (χ3n) is 5.43. The molecular formula is C19H28N4O3. The van der Waals surface area contributed by atoms with Crippen LogP contribution in [0.3, 0.4) is 0 Å². The average molecular weight is 360 g/mol. The van der Waals surface area contributed by atoms with Crippen LogP contribution in [0.4, 0.5) is 5.69 Å². The van der Waals surface area contributed by atoms with Gasteiger partial charge in [-0.1, -0.05) is 6.92 Å². The van der Waals surface area contributed by atoms with Crippen molar-refractivity contribution >= 4 is 17.5 Å². The third kappa shape index (κ3) is 3.99. The number of benzene rings is 1. The van der Waals surface area contributed by atoms with Crippen LogP contribution in [0.15, 0.2) is 18.2 Å². The van der Waals surface area contributed by atoms with Crippen LogP contribution in [0.25, 0.3) is 0 Å². The Morgan fingerprint density at radius 3 is 2.50 bits per heavy atom. The smallest absolute Gasteiger partial charge is 0.254 e. The van der Waals surface area contributed by atoms with Crippen molar-refractivity contribution < 1.29 is 14.3 Å². The van der Waals surface area contributed by atoms with Gasteiger partial charge in [0.25, 0.3) is 5.91 Å². The summed E-state index contributed by atoms with van der Waals surface area (Å²) in [6.07, 6.45) is 0. The van der Waals surface area contributed by atoms with Crippen molar-refractivity contribution in [2.75, 3.05) is 58.7 Å². The highest BCUT2D eigenvalue weighted by Crippen LogP contribution is 2.28. The zero-order valence-corrected chi connectivity index (χ0v) is 15.7. The normalized spacial score (nSPS) is 19.6. The van der Waals surface area contributed by atoms with Gasteiger partial charge in [-0.05, 0) is 44.3 Å². The second kappa shape index (κ2) is 8.05. The summed E-state index contributed by atoms with van der Waals surface area (Å²) < 4.78 is 5.36. The standard InChI is InChI=1S/C19H28N4O3/c1-13(15-11-20-12-15)18(24)21-16-10-14(4-5-17(16)26-3)19(25)23-8-6-22(2)7-9-23/h4-5,10,13,15,20H,6-9,11-12H2,1-3H3,(H,21,24). The predicted octanol–water partition coefficient (Wildman–Crippen LogP) is 0.877. The van der Waals surface area contributed by atoms with Crippen molar-refractivity contribution in [2.45, 2.75) is 6.92 Å². The maximum Gasteiger partial charge on any atom is 0.254 e. The Hall–Kier alpha value is -2.12. The number of nitrogens with one attached hydrogen (secondary N) is 2. The SMILES string of the molecule is COc1ccc(C(=O)N2CCN(C)CC2)cc1NC(=O)C(C)C1CNC1. The molecule has 0 spiro atoms. The summed E-state index contributed by atoms with van der Waals surface area (Å²) in [7, 11) is 3.62. The van der Waals surface area contributed by atoms with Crippen molar-refractivity contribution in [3.05, 3.63) is 23.8 Å². The average Bonchev–Trinajstić information content (AvgIpc) is 2.60. The molecule has 7 nitrogen and oxygen atoms in total. The largest absolute Gasteiger partial charge is 0.495 e. The molecule has 2 amide bonds. The lowest BCUT2D eigenvalue weighted by atomic mass is 9.88. The third-order valence-corrected chi connectivity index (χ3v) is 5.43. The molecule has 142 valence electrons. The molecule has 1 atom stereocenters. The molecule has 2 aliphatic rings. The zero-order chi connectivity index (χ0) is 18.7. The first-order valence-electron chi connectivity index (χ1n) is 9.17. The first-order valence-corrected chi connectivity index (χ1v) is 9.17. The number of likely N-dealkylation sites (N-methyl/N-ethyl adjacent to an activating group) is 1. The number of piperazine rings is 1. The predicted molar refractivity (Wildman–Crippen MR) is 101 cm³/mol. The molecular weight excluding hydrogens is 332 g/mol. The second-order valence-corrected chi connectivity index (χ2v) is 7.21. The molecule has 7 heteroatoms. The number of nitrogens with zero attached hydrogens (tertiary/aromatic N) is 2. The van der Waals surface area contributed by atoms with Crippen LogP contribution >= 0.6 is 0 Å². The van der Waals surface area contributed by atoms with Gasteiger partial charge in [0.2, 0.25) is 5.91 Å². The molecule has 26 heavy (non-hydrogen) atoms. The first kappa shape index (κ1) is 18.7. The van der Waals surface area contributed by atoms with Gasteiger partial charge in [-0.15, -0.1) is 0 Å². The molecule has 1 aromatic carbocycles. The minimum absolute atomic E-state index is 0.00695. The lowest BCUT2D eigenvalue weighted by Crippen LogP contribution is -2.48. The molecule has 1 aromatic rings. The van der Waals surface area contributed by atoms with E-state index in [4.69, 9.17) is 4.74 Å². The van der Waals surface area contributed by atoms with Crippen LogP contribution in [0.1, 0.15) is 17.3 Å². The van der Waals surface area contributed by atoms with E-state index in [1.54, 1.807) is 25.3 Å². The number of ether oxygens (including phenoxy) is 1. The van der Waals surface area contributed by atoms with E-state index in [1.807, 2.05) is 11.8 Å². The number of carbonyl (C=O) groups is 2. The summed E-state index contributed by atoms with van der Waals surface area (Å²) >= 11 is 0. The van der Waals surface area contributed by atoms with E-state index in [9.17, 15) is 9.59 Å². The quantitative estimate of drug-likeness (QED) is 0.815. The van der Waals surface area contributed by atoms with E-state index in [0.29, 0.717) is 22.9 Å². The van der Waals surface area contributed by atoms with E-state index in [1.165, 1.54) is 0 Å². The highest BCUT2D eigenvalue weighted by atomic mass is 16.5. The number of methoxy groups -OCH3 is 1. The Bertz CT molecular complexity index is 667. The van der Waals surface area contributed by atoms with E-state index in [2.05, 4.69) is 22.6 Å². The van der Waals surface area contributed by atoms with Crippen LogP contribution < -0.4 is 15.4 Å². The van der Waals surface area contributed by atoms with Gasteiger partial charge in [0.15, 0.2) is 0 Å². The van der Waals surface area contributed by atoms with E-state index in [-0.39, 0.29) is 17.7 Å². The van der Waals surface area contributed by atoms with Crippen molar-refractivity contribution in [1.29, 1.82) is 0 Å². The zero-order valence-electron chi connectivity index (χ0n) is 15.7. The van der Waals surface area contributed by atoms with Crippen molar-refractivity contribution in [3.63, 3.8) is 0 Å². The van der Waals surface area contributed by atoms with Gasteiger partial charge >= 0.3 is 0 Å². The molecule has 2 heterocycles. The molecule has 0 aliphatic carbocycles. The van der Waals surface area contributed by atoms with Crippen molar-refractivity contribution in [3.8, 4) is 5.75 Å². The highest BCUT2D eigenvalue weighted by molar-refractivity contribution is 5.99. The number of hydrogen-bond acceptors (Lipinski definition) is 5. The second-order valence-electron chi connectivity index (χ2n) is 7.21. The van der Waals surface area contributed by atoms with Crippen LogP contribution in [-0.2, 0) is 4.79 Å². The van der Waals surface area contributed by atoms with Gasteiger partial charge in [-0.25, -0.2) is 0 Å². The number of anilines is 1. The minimum atomic E-state index is -0.0852. The van der Waals surface area contributed by atoms with Crippen LogP contribution in [0.2, 0.25) is 0 Å². The Morgan fingerprint density at radius 1 is 1.23 bits per heavy atom. The van der Waals surface area contributed by atoms with E-state index < -0.39 is 0 Å². The van der Waals surface area contributed by atoms with Crippen LogP contribution in [-0.4, -0.2) is 75.0 Å². The van der Waals surface area contributed by atoms with Gasteiger partial charge in [-0.2, -0.15) is 0 Å². The van der Waals surface area contributed by atoms with Crippen molar-refractivity contribution in [1.82, 2.24) is 15.1 Å². The molecule has 0 bridgehead atoms. The monoisotopic (exact) mass is 360 g/mol. The fraction of sp³-hybridized carbons (Fsp3) is 0.579. The summed E-state index contributed by atoms with van der Waals surface area (Å²) in [4.78, 5) is 29.4. The Morgan fingerprint density at radius 2 is 1.92 bits per heavy atom. The van der Waals surface area contributed by atoms with Gasteiger partial charge in [-0.3, -0.25) is 9.59 Å². The van der Waals surface area contributed by atoms with E-state index in [0.717, 1.165) is 39.3 Å². The minimum Gasteiger partial charge on any atom is -0.495 e. The van der Waals surface area contributed by atoms with Gasteiger partial charge in [0.05, 0.1) is 12.8 Å². The Labute approximate surface area is 154 Å². The molecule has 0 aromatic heterocycles. The molecule has 2 aliphatic heterocycles. The number of carbonyl (C=O) groups excluding carboxylic acids is 2. The number of hydrogen-bond donors (Lipinski definition) is 2. The maximum atomic E-state index is 12.8. The lowest BCUT2D eigenvalue weighted by Gasteiger charge is -2.33. The van der Waals surface area contributed by atoms with Gasteiger partial charge in [0, 0.05) is 37.7 Å². The maximum absolute atomic E-state index is 12.8. The Balaban J connectivity index is 1.73. The first-order chi connectivity index (χ1) is 12.5. The molecule has 0 radical (unpaired) electrons. The highest BCUT2D eigenvalue weighted by Gasteiger charge is 2.29. The number of rotatable bonds is 5. The summed E-state index contributed by atoms with van der Waals surface area (Å²) in [5, 5.41) is 6.13. The molecule has 2 saturated heterocycles. The molecule has 2 N–H and O–H groups in total. The summed E-state index contributed by atoms with van der Waals surface area (Å²) in [6, 6.07) is 5.23. The molecule has 3 rings (SSSR count). The van der Waals surface area contributed by atoms with Gasteiger partial charge < -0.3 is 25.2 Å². The fourth-order valence-electron chi connectivity index (χ4n) is 3.26. The summed E-state index contributed by atoms with van der Waals surface area (Å²) in [5.41, 5.74) is 1.13. The molecule has 2 fully saturated rings. The van der Waals surface area contributed by atoms with Crippen LogP contribution in [0, 0.1) is 11.8 Å². The van der Waals surface area contributed by atoms with E-state index >= 15 is 0 Å². The fourth-order valence-corrected chi connectivity index (χ4v) is 3.26. The lowest BCUT2D eigenvalue weighted by molar-refractivity contribution is -0.121.